The molecule has 0 atom stereocenters. The number of aromatic nitrogens is 2. The van der Waals surface area contributed by atoms with Crippen LogP contribution < -0.4 is 30.1 Å². The van der Waals surface area contributed by atoms with E-state index in [4.69, 9.17) is 4.74 Å². The number of methoxy groups -OCH3 is 1. The number of halogens is 2. The van der Waals surface area contributed by atoms with Gasteiger partial charge in [-0.15, -0.1) is 0 Å². The van der Waals surface area contributed by atoms with Crippen molar-refractivity contribution in [3.63, 3.8) is 0 Å². The molecule has 0 unspecified atom stereocenters. The summed E-state index contributed by atoms with van der Waals surface area (Å²) < 4.78 is 35.5. The molecule has 6 rings (SSSR count). The van der Waals surface area contributed by atoms with Crippen LogP contribution >= 0.6 is 0 Å². The van der Waals surface area contributed by atoms with E-state index in [9.17, 15) is 18.4 Å². The Hall–Kier alpha value is -4.52. The van der Waals surface area contributed by atoms with Gasteiger partial charge < -0.3 is 35.0 Å². The number of ether oxygens (including phenoxy) is 1. The van der Waals surface area contributed by atoms with Gasteiger partial charge in [0.25, 0.3) is 11.8 Å². The summed E-state index contributed by atoms with van der Waals surface area (Å²) in [6.45, 7) is 5.26. The fraction of sp³-hybridized carbons (Fsp3) is 0.455. The smallest absolute Gasteiger partial charge is 0.342 e. The zero-order valence-electron chi connectivity index (χ0n) is 26.6. The van der Waals surface area contributed by atoms with Crippen molar-refractivity contribution in [2.75, 3.05) is 79.3 Å². The predicted molar refractivity (Wildman–Crippen MR) is 175 cm³/mol. The Labute approximate surface area is 267 Å². The molecule has 1 aliphatic carbocycles. The highest BCUT2D eigenvalue weighted by molar-refractivity contribution is 6.05. The van der Waals surface area contributed by atoms with E-state index in [0.29, 0.717) is 22.7 Å². The lowest BCUT2D eigenvalue weighted by Crippen LogP contribution is -2.48. The van der Waals surface area contributed by atoms with E-state index < -0.39 is 18.4 Å². The number of hydrogen-bond acceptors (Lipinski definition) is 9. The molecule has 1 aromatic heterocycles. The van der Waals surface area contributed by atoms with Crippen LogP contribution in [0.25, 0.3) is 0 Å². The second kappa shape index (κ2) is 12.7. The van der Waals surface area contributed by atoms with Gasteiger partial charge in [-0.2, -0.15) is 13.8 Å². The number of carbonyl (C=O) groups excluding carboxylic acids is 2. The second-order valence-corrected chi connectivity index (χ2v) is 12.3. The van der Waals surface area contributed by atoms with Crippen LogP contribution in [0.3, 0.4) is 0 Å². The van der Waals surface area contributed by atoms with E-state index in [-0.39, 0.29) is 29.4 Å². The highest BCUT2D eigenvalue weighted by atomic mass is 19.3. The molecule has 3 heterocycles. The zero-order valence-corrected chi connectivity index (χ0v) is 26.6. The van der Waals surface area contributed by atoms with E-state index in [1.165, 1.54) is 26.0 Å². The maximum atomic E-state index is 14.9. The molecule has 13 heteroatoms. The summed E-state index contributed by atoms with van der Waals surface area (Å²) in [7, 11) is 4.94. The molecule has 0 bridgehead atoms. The van der Waals surface area contributed by atoms with Crippen LogP contribution in [-0.2, 0) is 4.79 Å². The van der Waals surface area contributed by atoms with Crippen molar-refractivity contribution in [3.05, 3.63) is 53.7 Å². The molecule has 2 aliphatic heterocycles. The van der Waals surface area contributed by atoms with Crippen LogP contribution in [0.15, 0.2) is 42.6 Å². The molecule has 2 N–H and O–H groups in total. The van der Waals surface area contributed by atoms with Gasteiger partial charge in [0.05, 0.1) is 25.5 Å². The van der Waals surface area contributed by atoms with Crippen molar-refractivity contribution in [3.8, 4) is 5.75 Å². The second-order valence-electron chi connectivity index (χ2n) is 12.3. The van der Waals surface area contributed by atoms with E-state index >= 15 is 0 Å². The van der Waals surface area contributed by atoms with Crippen molar-refractivity contribution in [2.45, 2.75) is 44.6 Å². The molecule has 2 amide bonds. The molecule has 1 saturated heterocycles. The Morgan fingerprint density at radius 2 is 1.76 bits per heavy atom. The quantitative estimate of drug-likeness (QED) is 0.376. The average molecular weight is 635 g/mol. The van der Waals surface area contributed by atoms with E-state index in [2.05, 4.69) is 37.4 Å². The number of likely N-dealkylation sites (N-methyl/N-ethyl adjacent to an activating group) is 1. The molecule has 0 radical (unpaired) electrons. The van der Waals surface area contributed by atoms with Crippen LogP contribution in [0.2, 0.25) is 0 Å². The average Bonchev–Trinajstić information content (AvgIpc) is 3.57. The molecule has 2 aromatic carbocycles. The first kappa shape index (κ1) is 31.5. The highest BCUT2D eigenvalue weighted by Gasteiger charge is 2.48. The maximum absolute atomic E-state index is 14.9. The number of amides is 2. The van der Waals surface area contributed by atoms with Crippen molar-refractivity contribution in [1.29, 1.82) is 0 Å². The number of nitrogens with zero attached hydrogens (tertiary/aromatic N) is 6. The third-order valence-corrected chi connectivity index (χ3v) is 9.14. The molecule has 3 aliphatic rings. The Morgan fingerprint density at radius 3 is 2.46 bits per heavy atom. The van der Waals surface area contributed by atoms with Gasteiger partial charge in [0.1, 0.15) is 11.4 Å². The summed E-state index contributed by atoms with van der Waals surface area (Å²) in [6.07, 6.45) is 4.74. The summed E-state index contributed by atoms with van der Waals surface area (Å²) in [5.41, 5.74) is 4.06. The molecule has 1 saturated carbocycles. The van der Waals surface area contributed by atoms with Gasteiger partial charge in [0.15, 0.2) is 5.82 Å². The minimum atomic E-state index is -3.56. The van der Waals surface area contributed by atoms with Crippen LogP contribution in [-0.4, -0.2) is 92.6 Å². The Morgan fingerprint density at radius 1 is 1.02 bits per heavy atom. The number of rotatable bonds is 7. The number of hydrogen-bond donors (Lipinski definition) is 2. The van der Waals surface area contributed by atoms with E-state index in [0.717, 1.165) is 62.3 Å². The summed E-state index contributed by atoms with van der Waals surface area (Å²) in [4.78, 5) is 41.9. The maximum Gasteiger partial charge on any atom is 0.342 e. The van der Waals surface area contributed by atoms with Gasteiger partial charge in [0, 0.05) is 56.2 Å². The lowest BCUT2D eigenvalue weighted by atomic mass is 10.1. The third-order valence-electron chi connectivity index (χ3n) is 9.14. The number of piperazine rings is 1. The first-order valence-electron chi connectivity index (χ1n) is 15.6. The summed E-state index contributed by atoms with van der Waals surface area (Å²) in [6, 6.07) is 10.8. The Kier molecular flexibility index (Phi) is 8.69. The van der Waals surface area contributed by atoms with E-state index in [1.807, 2.05) is 25.1 Å². The van der Waals surface area contributed by atoms with Crippen molar-refractivity contribution >= 4 is 46.3 Å². The molecule has 11 nitrogen and oxygen atoms in total. The monoisotopic (exact) mass is 634 g/mol. The SMILES string of the molecule is COc1cc(C(=O)Nc2ccc(N3CCN(C)CC3)c(C)c2)ccc1Nc1ncc2c(n1)N(C1CCCC1)CC(F)(F)C(=O)N2C. The van der Waals surface area contributed by atoms with Gasteiger partial charge >= 0.3 is 5.92 Å². The number of nitrogens with one attached hydrogen (secondary N) is 2. The molecular formula is C33H40F2N8O3. The first-order chi connectivity index (χ1) is 22.0. The Bertz CT molecular complexity index is 1620. The topological polar surface area (TPSA) is 106 Å². The third kappa shape index (κ3) is 6.28. The van der Waals surface area contributed by atoms with Gasteiger partial charge in [-0.3, -0.25) is 9.59 Å². The van der Waals surface area contributed by atoms with Gasteiger partial charge in [-0.05, 0) is 68.8 Å². The number of fused-ring (bicyclic) bond motifs is 1. The lowest BCUT2D eigenvalue weighted by molar-refractivity contribution is -0.140. The summed E-state index contributed by atoms with van der Waals surface area (Å²) in [5.74, 6) is -4.33. The fourth-order valence-electron chi connectivity index (χ4n) is 6.50. The van der Waals surface area contributed by atoms with Gasteiger partial charge in [-0.1, -0.05) is 12.8 Å². The van der Waals surface area contributed by atoms with Crippen LogP contribution in [0, 0.1) is 6.92 Å². The summed E-state index contributed by atoms with van der Waals surface area (Å²) in [5, 5.41) is 6.09. The molecule has 3 aromatic rings. The number of benzene rings is 2. The van der Waals surface area contributed by atoms with Crippen LogP contribution in [0.4, 0.5) is 43.3 Å². The minimum absolute atomic E-state index is 0.147. The standard InChI is InChI=1S/C33H40F2N8O3/c1-21-17-23(10-12-26(21)42-15-13-40(2)14-16-42)37-30(44)22-9-11-25(28(18-22)46-4)38-32-36-19-27-29(39-32)43(24-7-5-6-8-24)20-33(34,35)31(45)41(27)3/h9-12,17-19,24H,5-8,13-16,20H2,1-4H3,(H,37,44)(H,36,38,39). The molecular weight excluding hydrogens is 594 g/mol. The molecule has 0 spiro atoms. The van der Waals surface area contributed by atoms with Crippen molar-refractivity contribution < 1.29 is 23.1 Å². The first-order valence-corrected chi connectivity index (χ1v) is 15.6. The predicted octanol–water partition coefficient (Wildman–Crippen LogP) is 4.90. The van der Waals surface area contributed by atoms with Crippen LogP contribution in [0.5, 0.6) is 5.75 Å². The molecule has 46 heavy (non-hydrogen) atoms. The minimum Gasteiger partial charge on any atom is -0.495 e. The van der Waals surface area contributed by atoms with Crippen LogP contribution in [0.1, 0.15) is 41.6 Å². The Balaban J connectivity index is 1.20. The van der Waals surface area contributed by atoms with E-state index in [1.54, 1.807) is 23.1 Å². The van der Waals surface area contributed by atoms with Crippen molar-refractivity contribution in [2.24, 2.45) is 0 Å². The zero-order chi connectivity index (χ0) is 32.6. The van der Waals surface area contributed by atoms with Gasteiger partial charge in [-0.25, -0.2) is 4.98 Å². The normalized spacial score (nSPS) is 18.7. The van der Waals surface area contributed by atoms with Gasteiger partial charge in [0.2, 0.25) is 5.95 Å². The number of aryl methyl sites for hydroxylation is 1. The lowest BCUT2D eigenvalue weighted by Gasteiger charge is -2.35. The fourth-order valence-corrected chi connectivity index (χ4v) is 6.50. The number of anilines is 6. The molecule has 244 valence electrons. The van der Waals surface area contributed by atoms with Crippen molar-refractivity contribution in [1.82, 2.24) is 14.9 Å². The highest BCUT2D eigenvalue weighted by Crippen LogP contribution is 2.40. The largest absolute Gasteiger partial charge is 0.495 e. The molecule has 2 fully saturated rings. The summed E-state index contributed by atoms with van der Waals surface area (Å²) >= 11 is 0. The number of alkyl halides is 2. The number of carbonyl (C=O) groups is 2.